The van der Waals surface area contributed by atoms with Gasteiger partial charge in [-0.1, -0.05) is 31.5 Å². The molecule has 1 heterocycles. The number of aryl methyl sites for hydroxylation is 1. The van der Waals surface area contributed by atoms with Gasteiger partial charge in [0.05, 0.1) is 18.8 Å². The zero-order valence-corrected chi connectivity index (χ0v) is 18.4. The average Bonchev–Trinajstić information content (AvgIpc) is 3.05. The fraction of sp³-hybridized carbons (Fsp3) is 0.444. The molecule has 2 rings (SSSR count). The number of benzene rings is 1. The predicted octanol–water partition coefficient (Wildman–Crippen LogP) is 3.94. The molecule has 0 amide bonds. The third-order valence-electron chi connectivity index (χ3n) is 3.48. The summed E-state index contributed by atoms with van der Waals surface area (Å²) in [6, 6.07) is 8.06. The number of nitrogens with zero attached hydrogens (tertiary/aromatic N) is 2. The van der Waals surface area contributed by atoms with Gasteiger partial charge in [-0.15, -0.1) is 35.3 Å². The molecule has 1 aromatic carbocycles. The maximum absolute atomic E-state index is 5.69. The van der Waals surface area contributed by atoms with Crippen LogP contribution in [-0.2, 0) is 6.54 Å². The molecule has 0 fully saturated rings. The van der Waals surface area contributed by atoms with E-state index in [1.807, 2.05) is 24.3 Å². The van der Waals surface area contributed by atoms with E-state index >= 15 is 0 Å². The summed E-state index contributed by atoms with van der Waals surface area (Å²) < 4.78 is 5.69. The number of rotatable bonds is 7. The molecular weight excluding hydrogens is 447 g/mol. The Hall–Kier alpha value is -1.35. The lowest BCUT2D eigenvalue weighted by Gasteiger charge is -2.12. The van der Waals surface area contributed by atoms with Gasteiger partial charge in [-0.05, 0) is 25.0 Å². The van der Waals surface area contributed by atoms with Crippen molar-refractivity contribution in [2.45, 2.75) is 33.2 Å². The molecule has 138 valence electrons. The number of hydrogen-bond acceptors (Lipinski definition) is 4. The Morgan fingerprint density at radius 1 is 1.24 bits per heavy atom. The number of thiazole rings is 1. The second-order valence-corrected chi connectivity index (χ2v) is 6.78. The lowest BCUT2D eigenvalue weighted by atomic mass is 10.2. The van der Waals surface area contributed by atoms with E-state index in [2.05, 4.69) is 46.8 Å². The quantitative estimate of drug-likeness (QED) is 0.276. The Morgan fingerprint density at radius 3 is 2.56 bits per heavy atom. The molecule has 0 bridgehead atoms. The van der Waals surface area contributed by atoms with E-state index < -0.39 is 0 Å². The van der Waals surface area contributed by atoms with Crippen LogP contribution in [0.1, 0.15) is 36.0 Å². The summed E-state index contributed by atoms with van der Waals surface area (Å²) in [6.45, 7) is 8.31. The monoisotopic (exact) mass is 474 g/mol. The average molecular weight is 474 g/mol. The van der Waals surface area contributed by atoms with Gasteiger partial charge in [0.1, 0.15) is 17.4 Å². The van der Waals surface area contributed by atoms with Crippen molar-refractivity contribution in [1.29, 1.82) is 0 Å². The number of ether oxygens (including phenoxy) is 1. The van der Waals surface area contributed by atoms with Crippen LogP contribution < -0.4 is 15.4 Å². The van der Waals surface area contributed by atoms with Crippen molar-refractivity contribution in [1.82, 2.24) is 15.6 Å². The smallest absolute Gasteiger partial charge is 0.191 e. The number of halogens is 1. The molecule has 0 radical (unpaired) electrons. The number of aromatic nitrogens is 1. The molecule has 25 heavy (non-hydrogen) atoms. The van der Waals surface area contributed by atoms with Crippen molar-refractivity contribution >= 4 is 41.3 Å². The standard InChI is InChI=1S/C18H26N4OS.HI/c1-13(2)16-12-24-17(22-16)11-21-18(19-4)20-9-10-23-15-7-5-14(3)6-8-15;/h5-8,12-13H,9-11H2,1-4H3,(H2,19,20,21);1H. The van der Waals surface area contributed by atoms with Crippen molar-refractivity contribution in [3.63, 3.8) is 0 Å². The van der Waals surface area contributed by atoms with Gasteiger partial charge in [0.25, 0.3) is 0 Å². The molecule has 1 aromatic heterocycles. The van der Waals surface area contributed by atoms with E-state index in [1.165, 1.54) is 5.56 Å². The van der Waals surface area contributed by atoms with E-state index in [1.54, 1.807) is 18.4 Å². The Morgan fingerprint density at radius 2 is 1.96 bits per heavy atom. The van der Waals surface area contributed by atoms with E-state index in [0.717, 1.165) is 22.4 Å². The lowest BCUT2D eigenvalue weighted by molar-refractivity contribution is 0.322. The highest BCUT2D eigenvalue weighted by Gasteiger charge is 2.06. The second-order valence-electron chi connectivity index (χ2n) is 5.83. The second kappa shape index (κ2) is 11.3. The molecule has 0 aliphatic heterocycles. The molecule has 2 N–H and O–H groups in total. The number of nitrogens with one attached hydrogen (secondary N) is 2. The van der Waals surface area contributed by atoms with Crippen LogP contribution in [0.25, 0.3) is 0 Å². The number of hydrogen-bond donors (Lipinski definition) is 2. The Balaban J connectivity index is 0.00000312. The fourth-order valence-electron chi connectivity index (χ4n) is 2.02. The molecule has 5 nitrogen and oxygen atoms in total. The summed E-state index contributed by atoms with van der Waals surface area (Å²) >= 11 is 1.68. The van der Waals surface area contributed by atoms with Crippen LogP contribution in [0.3, 0.4) is 0 Å². The zero-order valence-electron chi connectivity index (χ0n) is 15.2. The van der Waals surface area contributed by atoms with E-state index in [0.29, 0.717) is 25.6 Å². The highest BCUT2D eigenvalue weighted by molar-refractivity contribution is 14.0. The van der Waals surface area contributed by atoms with Crippen LogP contribution in [0.5, 0.6) is 5.75 Å². The van der Waals surface area contributed by atoms with E-state index in [-0.39, 0.29) is 24.0 Å². The van der Waals surface area contributed by atoms with Crippen molar-refractivity contribution in [3.8, 4) is 5.75 Å². The van der Waals surface area contributed by atoms with Gasteiger partial charge in [-0.25, -0.2) is 4.98 Å². The highest BCUT2D eigenvalue weighted by atomic mass is 127. The summed E-state index contributed by atoms with van der Waals surface area (Å²) in [4.78, 5) is 8.82. The SMILES string of the molecule is CN=C(NCCOc1ccc(C)cc1)NCc1nc(C(C)C)cs1.I. The summed E-state index contributed by atoms with van der Waals surface area (Å²) in [6.07, 6.45) is 0. The molecular formula is C18H27IN4OS. The summed E-state index contributed by atoms with van der Waals surface area (Å²) in [5, 5.41) is 9.70. The highest BCUT2D eigenvalue weighted by Crippen LogP contribution is 2.17. The zero-order chi connectivity index (χ0) is 17.4. The first-order valence-electron chi connectivity index (χ1n) is 8.16. The van der Waals surface area contributed by atoms with E-state index in [9.17, 15) is 0 Å². The van der Waals surface area contributed by atoms with Crippen molar-refractivity contribution in [2.75, 3.05) is 20.2 Å². The van der Waals surface area contributed by atoms with Crippen LogP contribution >= 0.6 is 35.3 Å². The molecule has 7 heteroatoms. The van der Waals surface area contributed by atoms with Crippen LogP contribution in [0.2, 0.25) is 0 Å². The lowest BCUT2D eigenvalue weighted by Crippen LogP contribution is -2.38. The minimum atomic E-state index is 0. The molecule has 0 atom stereocenters. The first-order valence-corrected chi connectivity index (χ1v) is 9.04. The number of aliphatic imine (C=N–C) groups is 1. The summed E-state index contributed by atoms with van der Waals surface area (Å²) in [5.41, 5.74) is 2.37. The largest absolute Gasteiger partial charge is 0.492 e. The molecule has 0 unspecified atom stereocenters. The predicted molar refractivity (Wildman–Crippen MR) is 116 cm³/mol. The van der Waals surface area contributed by atoms with E-state index in [4.69, 9.17) is 4.74 Å². The third kappa shape index (κ3) is 7.60. The van der Waals surface area contributed by atoms with Crippen LogP contribution in [0.4, 0.5) is 0 Å². The topological polar surface area (TPSA) is 58.5 Å². The normalized spacial score (nSPS) is 11.2. The van der Waals surface area contributed by atoms with Gasteiger partial charge in [-0.2, -0.15) is 0 Å². The minimum Gasteiger partial charge on any atom is -0.492 e. The molecule has 0 saturated heterocycles. The van der Waals surface area contributed by atoms with Crippen molar-refractivity contribution in [2.24, 2.45) is 4.99 Å². The van der Waals surface area contributed by atoms with Crippen LogP contribution in [0.15, 0.2) is 34.6 Å². The first kappa shape index (κ1) is 21.7. The summed E-state index contributed by atoms with van der Waals surface area (Å²) in [7, 11) is 1.76. The first-order chi connectivity index (χ1) is 11.6. The van der Waals surface area contributed by atoms with Gasteiger partial charge in [0.2, 0.25) is 0 Å². The van der Waals surface area contributed by atoms with Crippen molar-refractivity contribution in [3.05, 3.63) is 45.9 Å². The van der Waals surface area contributed by atoms with Crippen LogP contribution in [0, 0.1) is 6.92 Å². The fourth-order valence-corrected chi connectivity index (χ4v) is 2.92. The molecule has 0 aliphatic rings. The Bertz CT molecular complexity index is 655. The van der Waals surface area contributed by atoms with Crippen LogP contribution in [-0.4, -0.2) is 31.1 Å². The summed E-state index contributed by atoms with van der Waals surface area (Å²) in [5.74, 6) is 2.10. The van der Waals surface area contributed by atoms with Gasteiger partial charge >= 0.3 is 0 Å². The molecule has 0 spiro atoms. The molecule has 2 aromatic rings. The van der Waals surface area contributed by atoms with Crippen molar-refractivity contribution < 1.29 is 4.74 Å². The molecule has 0 saturated carbocycles. The maximum atomic E-state index is 5.69. The van der Waals surface area contributed by atoms with Gasteiger partial charge in [0, 0.05) is 12.4 Å². The van der Waals surface area contributed by atoms with Gasteiger partial charge in [-0.3, -0.25) is 4.99 Å². The molecule has 0 aliphatic carbocycles. The Kier molecular flexibility index (Phi) is 9.81. The van der Waals surface area contributed by atoms with Gasteiger partial charge in [0.15, 0.2) is 5.96 Å². The maximum Gasteiger partial charge on any atom is 0.191 e. The Labute approximate surface area is 171 Å². The van der Waals surface area contributed by atoms with Gasteiger partial charge < -0.3 is 15.4 Å². The number of guanidine groups is 1. The minimum absolute atomic E-state index is 0. The third-order valence-corrected chi connectivity index (χ3v) is 4.34.